The number of benzene rings is 1. The first kappa shape index (κ1) is 30.7. The van der Waals surface area contributed by atoms with Gasteiger partial charge in [-0.2, -0.15) is 0 Å². The van der Waals surface area contributed by atoms with Gasteiger partial charge in [0.05, 0.1) is 0 Å². The second-order valence-electron chi connectivity index (χ2n) is 9.05. The van der Waals surface area contributed by atoms with Crippen molar-refractivity contribution in [2.24, 2.45) is 0 Å². The topological polar surface area (TPSA) is 71.1 Å². The van der Waals surface area contributed by atoms with Crippen LogP contribution in [0.3, 0.4) is 0 Å². The molecule has 2 unspecified atom stereocenters. The second-order valence-corrected chi connectivity index (χ2v) is 13.4. The van der Waals surface area contributed by atoms with E-state index in [1.54, 1.807) is 30.1 Å². The van der Waals surface area contributed by atoms with E-state index < -0.39 is 67.0 Å². The molecule has 2 heterocycles. The molecule has 13 heteroatoms. The van der Waals surface area contributed by atoms with Gasteiger partial charge in [0.2, 0.25) is 0 Å². The molecule has 1 aromatic heterocycles. The van der Waals surface area contributed by atoms with Gasteiger partial charge in [0.25, 0.3) is 0 Å². The standard InChI is InChI=1S/C26H28F6N3O2PS/c1-4-39-20-8-6-18(33-15-20)14-24(36)35-19-7-9-21-23(13-19)38(30,31,32)26(21,3)25(37)34-16(2)22(29)10-5-17(28)11-12-27/h6-9,11,13,15,22H,2,4-5,10,12,14H2,1,3H3,(H,34,37)(H,35,36)/b17-11+. The average Bonchev–Trinajstić information content (AvgIpc) is 2.87. The van der Waals surface area contributed by atoms with Gasteiger partial charge < -0.3 is 0 Å². The van der Waals surface area contributed by atoms with Gasteiger partial charge in [0, 0.05) is 0 Å². The van der Waals surface area contributed by atoms with Crippen molar-refractivity contribution in [3.63, 3.8) is 0 Å². The van der Waals surface area contributed by atoms with Crippen LogP contribution in [0.4, 0.5) is 31.4 Å². The van der Waals surface area contributed by atoms with Crippen molar-refractivity contribution in [3.05, 3.63) is 72.0 Å². The maximum atomic E-state index is 15.3. The number of fused-ring (bicyclic) bond motifs is 1. The number of hydrogen-bond acceptors (Lipinski definition) is 4. The molecule has 3 rings (SSSR count). The molecule has 0 spiro atoms. The number of hydrogen-bond donors (Lipinski definition) is 2. The number of thioether (sulfide) groups is 1. The molecule has 0 bridgehead atoms. The first-order valence-corrected chi connectivity index (χ1v) is 14.9. The molecule has 2 atom stereocenters. The van der Waals surface area contributed by atoms with Crippen molar-refractivity contribution in [1.82, 2.24) is 10.3 Å². The SMILES string of the molecule is C=C(NC(=O)C1(C)c2ccc(NC(=O)Cc3ccc(SCC)cn3)cc2P1(F)(F)F)C(F)CC/C(F)=C\CF. The van der Waals surface area contributed by atoms with Crippen LogP contribution in [0.2, 0.25) is 0 Å². The summed E-state index contributed by atoms with van der Waals surface area (Å²) in [6.07, 6.45) is -0.971. The molecule has 2 N–H and O–H groups in total. The number of amides is 2. The number of carbonyl (C=O) groups excluding carboxylic acids is 2. The average molecular weight is 592 g/mol. The molecule has 0 aliphatic carbocycles. The van der Waals surface area contributed by atoms with E-state index >= 15 is 12.6 Å². The molecule has 212 valence electrons. The number of carbonyl (C=O) groups is 2. The number of allylic oxidation sites excluding steroid dienone is 3. The summed E-state index contributed by atoms with van der Waals surface area (Å²) in [7, 11) is -7.36. The van der Waals surface area contributed by atoms with Gasteiger partial charge in [-0.25, -0.2) is 0 Å². The van der Waals surface area contributed by atoms with Crippen molar-refractivity contribution >= 4 is 42.1 Å². The molecule has 1 aliphatic rings. The van der Waals surface area contributed by atoms with Gasteiger partial charge in [-0.05, 0) is 0 Å². The van der Waals surface area contributed by atoms with Gasteiger partial charge in [0.1, 0.15) is 0 Å². The molecular formula is C26H28F6N3O2PS. The molecule has 2 amide bonds. The molecule has 2 aromatic rings. The normalized spacial score (nSPS) is 20.9. The molecule has 1 aliphatic heterocycles. The predicted molar refractivity (Wildman–Crippen MR) is 143 cm³/mol. The van der Waals surface area contributed by atoms with Crippen LogP contribution in [0.25, 0.3) is 0 Å². The first-order valence-electron chi connectivity index (χ1n) is 12.0. The van der Waals surface area contributed by atoms with E-state index in [0.717, 1.165) is 29.7 Å². The van der Waals surface area contributed by atoms with Crippen molar-refractivity contribution in [1.29, 1.82) is 0 Å². The first-order chi connectivity index (χ1) is 18.2. The van der Waals surface area contributed by atoms with Crippen molar-refractivity contribution in [2.75, 3.05) is 17.7 Å². The number of nitrogens with zero attached hydrogens (tertiary/aromatic N) is 1. The summed E-state index contributed by atoms with van der Waals surface area (Å²) in [6.45, 7) is 4.91. The number of aromatic nitrogens is 1. The summed E-state index contributed by atoms with van der Waals surface area (Å²) in [5, 5.41) is 0.434. The Balaban J connectivity index is 1.70. The predicted octanol–water partition coefficient (Wildman–Crippen LogP) is 7.01. The zero-order chi connectivity index (χ0) is 29.0. The zero-order valence-corrected chi connectivity index (χ0v) is 23.0. The fourth-order valence-electron chi connectivity index (χ4n) is 4.10. The van der Waals surface area contributed by atoms with E-state index in [-0.39, 0.29) is 17.7 Å². The number of pyridine rings is 1. The van der Waals surface area contributed by atoms with Gasteiger partial charge in [0.15, 0.2) is 0 Å². The molecule has 1 aromatic carbocycles. The second kappa shape index (κ2) is 11.7. The fraction of sp³-hybridized carbons (Fsp3) is 0.346. The van der Waals surface area contributed by atoms with Crippen LogP contribution in [-0.2, 0) is 21.2 Å². The summed E-state index contributed by atoms with van der Waals surface area (Å²) in [4.78, 5) is 30.3. The Hall–Kier alpha value is -2.85. The maximum absolute atomic E-state index is 15.3. The van der Waals surface area contributed by atoms with E-state index in [4.69, 9.17) is 0 Å². The summed E-state index contributed by atoms with van der Waals surface area (Å²) in [6, 6.07) is 6.64. The van der Waals surface area contributed by atoms with E-state index in [1.807, 2.05) is 12.2 Å². The summed E-state index contributed by atoms with van der Waals surface area (Å²) < 4.78 is 85.7. The van der Waals surface area contributed by atoms with Gasteiger partial charge in [-0.15, -0.1) is 0 Å². The Labute approximate surface area is 226 Å². The van der Waals surface area contributed by atoms with Gasteiger partial charge in [-0.3, -0.25) is 0 Å². The Kier molecular flexibility index (Phi) is 9.22. The molecule has 0 fully saturated rings. The molecule has 0 saturated carbocycles. The Morgan fingerprint density at radius 2 is 1.95 bits per heavy atom. The van der Waals surface area contributed by atoms with Crippen LogP contribution in [0.5, 0.6) is 0 Å². The molecular weight excluding hydrogens is 563 g/mol. The van der Waals surface area contributed by atoms with Crippen LogP contribution >= 0.6 is 19.3 Å². The molecule has 5 nitrogen and oxygen atoms in total. The van der Waals surface area contributed by atoms with Crippen LogP contribution in [0, 0.1) is 0 Å². The third kappa shape index (κ3) is 6.17. The van der Waals surface area contributed by atoms with E-state index in [9.17, 15) is 22.8 Å². The van der Waals surface area contributed by atoms with E-state index in [2.05, 4.69) is 16.9 Å². The van der Waals surface area contributed by atoms with Gasteiger partial charge in [-0.1, -0.05) is 6.92 Å². The number of alkyl halides is 2. The number of nitrogens with one attached hydrogen (secondary N) is 2. The molecule has 39 heavy (non-hydrogen) atoms. The third-order valence-electron chi connectivity index (χ3n) is 6.41. The van der Waals surface area contributed by atoms with Crippen LogP contribution in [0.1, 0.15) is 37.9 Å². The summed E-state index contributed by atoms with van der Waals surface area (Å²) >= 11 is 1.58. The minimum atomic E-state index is -7.36. The van der Waals surface area contributed by atoms with Crippen molar-refractivity contribution < 1.29 is 35.4 Å². The monoisotopic (exact) mass is 591 g/mol. The summed E-state index contributed by atoms with van der Waals surface area (Å²) in [5.74, 6) is -2.11. The summed E-state index contributed by atoms with van der Waals surface area (Å²) in [5.41, 5.74) is -0.588. The Bertz CT molecular complexity index is 1300. The number of rotatable bonds is 12. The van der Waals surface area contributed by atoms with Gasteiger partial charge >= 0.3 is 220 Å². The molecule has 0 saturated heterocycles. The number of anilines is 1. The zero-order valence-electron chi connectivity index (χ0n) is 21.2. The quantitative estimate of drug-likeness (QED) is 0.158. The van der Waals surface area contributed by atoms with E-state index in [0.29, 0.717) is 11.8 Å². The Morgan fingerprint density at radius 3 is 2.56 bits per heavy atom. The number of halogens is 6. The Morgan fingerprint density at radius 1 is 1.23 bits per heavy atom. The minimum absolute atomic E-state index is 0.0853. The van der Waals surface area contributed by atoms with Crippen molar-refractivity contribution in [3.8, 4) is 0 Å². The fourth-order valence-corrected chi connectivity index (χ4v) is 7.06. The third-order valence-corrected chi connectivity index (χ3v) is 10.3. The van der Waals surface area contributed by atoms with Crippen LogP contribution in [0.15, 0.2) is 65.6 Å². The van der Waals surface area contributed by atoms with E-state index in [1.165, 1.54) is 6.07 Å². The van der Waals surface area contributed by atoms with Crippen LogP contribution in [-0.4, -0.2) is 35.4 Å². The molecule has 0 radical (unpaired) electrons. The van der Waals surface area contributed by atoms with Crippen LogP contribution < -0.4 is 15.9 Å². The van der Waals surface area contributed by atoms with Crippen molar-refractivity contribution in [2.45, 2.75) is 49.3 Å².